The zero-order valence-corrected chi connectivity index (χ0v) is 7.59. The van der Waals surface area contributed by atoms with Gasteiger partial charge in [-0.3, -0.25) is 0 Å². The van der Waals surface area contributed by atoms with E-state index in [-0.39, 0.29) is 5.92 Å². The van der Waals surface area contributed by atoms with E-state index in [0.717, 1.165) is 0 Å². The molecule has 0 aliphatic carbocycles. The number of terminal acetylenes is 1. The largest absolute Gasteiger partial charge is 0.389 e. The maximum Gasteiger partial charge on any atom is 0.151 e. The average Bonchev–Trinajstić information content (AvgIpc) is 2.01. The minimum Gasteiger partial charge on any atom is -0.389 e. The van der Waals surface area contributed by atoms with Crippen LogP contribution in [0.2, 0.25) is 0 Å². The molecule has 2 unspecified atom stereocenters. The molecule has 2 heteroatoms. The molecule has 64 valence electrons. The van der Waals surface area contributed by atoms with Gasteiger partial charge in [0.2, 0.25) is 0 Å². The Hall–Kier alpha value is -0.520. The zero-order chi connectivity index (χ0) is 9.07. The first-order valence-electron chi connectivity index (χ1n) is 3.69. The van der Waals surface area contributed by atoms with Crippen LogP contribution in [0.4, 0.5) is 0 Å². The van der Waals surface area contributed by atoms with Crippen LogP contribution in [-0.2, 0) is 4.74 Å². The van der Waals surface area contributed by atoms with E-state index in [1.165, 1.54) is 7.11 Å². The van der Waals surface area contributed by atoms with Gasteiger partial charge < -0.3 is 9.84 Å². The molecule has 0 aromatic rings. The van der Waals surface area contributed by atoms with Crippen molar-refractivity contribution in [1.29, 1.82) is 0 Å². The van der Waals surface area contributed by atoms with Crippen LogP contribution in [-0.4, -0.2) is 23.9 Å². The van der Waals surface area contributed by atoms with Gasteiger partial charge in [-0.15, -0.1) is 6.42 Å². The van der Waals surface area contributed by atoms with Crippen molar-refractivity contribution in [2.45, 2.75) is 32.5 Å². The minimum absolute atomic E-state index is 0.107. The maximum atomic E-state index is 9.58. The van der Waals surface area contributed by atoms with Gasteiger partial charge in [-0.1, -0.05) is 19.8 Å². The molecule has 11 heavy (non-hydrogen) atoms. The first kappa shape index (κ1) is 10.5. The summed E-state index contributed by atoms with van der Waals surface area (Å²) in [7, 11) is 1.51. The Balaban J connectivity index is 4.40. The summed E-state index contributed by atoms with van der Waals surface area (Å²) in [6.45, 7) is 5.51. The van der Waals surface area contributed by atoms with Crippen LogP contribution in [0.25, 0.3) is 0 Å². The van der Waals surface area contributed by atoms with Crippen LogP contribution in [0, 0.1) is 18.3 Å². The molecule has 0 amide bonds. The fourth-order valence-corrected chi connectivity index (χ4v) is 0.901. The number of aliphatic hydroxyl groups excluding tert-OH is 1. The van der Waals surface area contributed by atoms with Crippen molar-refractivity contribution in [1.82, 2.24) is 0 Å². The van der Waals surface area contributed by atoms with E-state index in [0.29, 0.717) is 0 Å². The Bertz CT molecular complexity index is 157. The van der Waals surface area contributed by atoms with Crippen molar-refractivity contribution >= 4 is 0 Å². The van der Waals surface area contributed by atoms with Crippen molar-refractivity contribution in [3.8, 4) is 12.3 Å². The topological polar surface area (TPSA) is 29.5 Å². The molecule has 2 atom stereocenters. The second-order valence-corrected chi connectivity index (χ2v) is 3.14. The maximum absolute atomic E-state index is 9.58. The molecule has 0 spiro atoms. The highest BCUT2D eigenvalue weighted by molar-refractivity contribution is 5.10. The number of rotatable bonds is 3. The number of ether oxygens (including phenoxy) is 1. The molecule has 0 heterocycles. The van der Waals surface area contributed by atoms with Gasteiger partial charge in [-0.25, -0.2) is 0 Å². The Morgan fingerprint density at radius 2 is 2.00 bits per heavy atom. The lowest BCUT2D eigenvalue weighted by Crippen LogP contribution is -2.43. The Kier molecular flexibility index (Phi) is 3.57. The number of methoxy groups -OCH3 is 1. The molecule has 0 rings (SSSR count). The first-order chi connectivity index (χ1) is 4.98. The van der Waals surface area contributed by atoms with E-state index in [1.54, 1.807) is 6.92 Å². The number of hydrogen-bond donors (Lipinski definition) is 1. The summed E-state index contributed by atoms with van der Waals surface area (Å²) in [5.41, 5.74) is -0.853. The summed E-state index contributed by atoms with van der Waals surface area (Å²) in [4.78, 5) is 0. The lowest BCUT2D eigenvalue weighted by atomic mass is 9.91. The van der Waals surface area contributed by atoms with E-state index in [2.05, 4.69) is 5.92 Å². The third kappa shape index (κ3) is 2.21. The van der Waals surface area contributed by atoms with E-state index in [1.807, 2.05) is 13.8 Å². The lowest BCUT2D eigenvalue weighted by molar-refractivity contribution is -0.0694. The summed E-state index contributed by atoms with van der Waals surface area (Å²) in [6, 6.07) is 0. The SMILES string of the molecule is C#CC(C)(OC)C(O)C(C)C. The first-order valence-corrected chi connectivity index (χ1v) is 3.69. The van der Waals surface area contributed by atoms with E-state index in [9.17, 15) is 5.11 Å². The molecule has 1 N–H and O–H groups in total. The van der Waals surface area contributed by atoms with Gasteiger partial charge in [0.15, 0.2) is 5.60 Å². The Labute approximate surface area is 68.6 Å². The fraction of sp³-hybridized carbons (Fsp3) is 0.778. The average molecular weight is 156 g/mol. The van der Waals surface area contributed by atoms with E-state index < -0.39 is 11.7 Å². The molecule has 0 aliphatic heterocycles. The van der Waals surface area contributed by atoms with Gasteiger partial charge in [0.1, 0.15) is 0 Å². The van der Waals surface area contributed by atoms with Crippen LogP contribution >= 0.6 is 0 Å². The summed E-state index contributed by atoms with van der Waals surface area (Å²) in [5, 5.41) is 9.58. The van der Waals surface area contributed by atoms with Crippen molar-refractivity contribution in [2.24, 2.45) is 5.92 Å². The molecule has 0 bridgehead atoms. The minimum atomic E-state index is -0.853. The van der Waals surface area contributed by atoms with Crippen LogP contribution in [0.3, 0.4) is 0 Å². The zero-order valence-electron chi connectivity index (χ0n) is 7.59. The monoisotopic (exact) mass is 156 g/mol. The van der Waals surface area contributed by atoms with Gasteiger partial charge in [0.05, 0.1) is 6.10 Å². The van der Waals surface area contributed by atoms with Gasteiger partial charge in [0.25, 0.3) is 0 Å². The molecule has 0 radical (unpaired) electrons. The van der Waals surface area contributed by atoms with Gasteiger partial charge in [-0.05, 0) is 12.8 Å². The smallest absolute Gasteiger partial charge is 0.151 e. The molecule has 0 saturated heterocycles. The molecular weight excluding hydrogens is 140 g/mol. The van der Waals surface area contributed by atoms with Crippen molar-refractivity contribution in [2.75, 3.05) is 7.11 Å². The van der Waals surface area contributed by atoms with Gasteiger partial charge in [0, 0.05) is 7.11 Å². The van der Waals surface area contributed by atoms with Crippen LogP contribution in [0.15, 0.2) is 0 Å². The molecule has 0 aromatic heterocycles. The van der Waals surface area contributed by atoms with Gasteiger partial charge >= 0.3 is 0 Å². The second kappa shape index (κ2) is 3.75. The molecule has 0 aromatic carbocycles. The molecule has 0 saturated carbocycles. The highest BCUT2D eigenvalue weighted by Crippen LogP contribution is 2.19. The normalized spacial score (nSPS) is 19.0. The predicted octanol–water partition coefficient (Wildman–Crippen LogP) is 1.04. The quantitative estimate of drug-likeness (QED) is 0.619. The second-order valence-electron chi connectivity index (χ2n) is 3.14. The fourth-order valence-electron chi connectivity index (χ4n) is 0.901. The van der Waals surface area contributed by atoms with E-state index >= 15 is 0 Å². The van der Waals surface area contributed by atoms with Crippen molar-refractivity contribution < 1.29 is 9.84 Å². The van der Waals surface area contributed by atoms with E-state index in [4.69, 9.17) is 11.2 Å². The predicted molar refractivity (Wildman–Crippen MR) is 45.1 cm³/mol. The van der Waals surface area contributed by atoms with Crippen molar-refractivity contribution in [3.05, 3.63) is 0 Å². The van der Waals surface area contributed by atoms with Gasteiger partial charge in [-0.2, -0.15) is 0 Å². The standard InChI is InChI=1S/C9H16O2/c1-6-9(4,11-5)8(10)7(2)3/h1,7-8,10H,2-5H3. The highest BCUT2D eigenvalue weighted by Gasteiger charge is 2.32. The van der Waals surface area contributed by atoms with Crippen LogP contribution < -0.4 is 0 Å². The summed E-state index contributed by atoms with van der Waals surface area (Å²) < 4.78 is 5.02. The van der Waals surface area contributed by atoms with Crippen LogP contribution in [0.1, 0.15) is 20.8 Å². The third-order valence-electron chi connectivity index (χ3n) is 1.91. The summed E-state index contributed by atoms with van der Waals surface area (Å²) in [6.07, 6.45) is 4.61. The third-order valence-corrected chi connectivity index (χ3v) is 1.91. The summed E-state index contributed by atoms with van der Waals surface area (Å²) >= 11 is 0. The summed E-state index contributed by atoms with van der Waals surface area (Å²) in [5.74, 6) is 2.54. The molecular formula is C9H16O2. The molecule has 0 fully saturated rings. The molecule has 0 aliphatic rings. The van der Waals surface area contributed by atoms with Crippen molar-refractivity contribution in [3.63, 3.8) is 0 Å². The van der Waals surface area contributed by atoms with Crippen LogP contribution in [0.5, 0.6) is 0 Å². The lowest BCUT2D eigenvalue weighted by Gasteiger charge is -2.30. The molecule has 2 nitrogen and oxygen atoms in total. The highest BCUT2D eigenvalue weighted by atomic mass is 16.5. The Morgan fingerprint density at radius 1 is 1.55 bits per heavy atom. The Morgan fingerprint density at radius 3 is 2.09 bits per heavy atom. The number of aliphatic hydroxyl groups is 1. The number of hydrogen-bond acceptors (Lipinski definition) is 2.